The molecule has 2 atom stereocenters. The molecule has 3 rings (SSSR count). The van der Waals surface area contributed by atoms with Crippen LogP contribution in [0.1, 0.15) is 79.8 Å². The van der Waals surface area contributed by atoms with E-state index in [9.17, 15) is 14.4 Å². The minimum Gasteiger partial charge on any atom is -0.456 e. The number of Topliss-reactive ketones (excluding diaryl/α,β-unsaturated/α-hetero) is 1. The van der Waals surface area contributed by atoms with E-state index in [0.29, 0.717) is 11.5 Å². The highest BCUT2D eigenvalue weighted by molar-refractivity contribution is 5.97. The Hall–Kier alpha value is -2.17. The number of amides is 1. The molecule has 0 aliphatic heterocycles. The summed E-state index contributed by atoms with van der Waals surface area (Å²) in [6.45, 7) is 1.87. The van der Waals surface area contributed by atoms with Gasteiger partial charge in [-0.25, -0.2) is 0 Å². The minimum absolute atomic E-state index is 0.00301. The van der Waals surface area contributed by atoms with Crippen molar-refractivity contribution in [3.05, 3.63) is 34.9 Å². The Balaban J connectivity index is 1.39. The number of benzene rings is 1. The number of hydrogen-bond acceptors (Lipinski definition) is 4. The fourth-order valence-electron chi connectivity index (χ4n) is 4.26. The maximum Gasteiger partial charge on any atom is 0.306 e. The molecule has 1 aromatic rings. The van der Waals surface area contributed by atoms with Crippen LogP contribution < -0.4 is 5.32 Å². The van der Waals surface area contributed by atoms with E-state index in [1.807, 2.05) is 18.2 Å². The van der Waals surface area contributed by atoms with Crippen molar-refractivity contribution in [3.63, 3.8) is 0 Å². The highest BCUT2D eigenvalue weighted by Gasteiger charge is 2.23. The smallest absolute Gasteiger partial charge is 0.306 e. The maximum absolute atomic E-state index is 12.4. The molecule has 5 heteroatoms. The molecule has 0 radical (unpaired) electrons. The average Bonchev–Trinajstić information content (AvgIpc) is 2.71. The first-order valence-electron chi connectivity index (χ1n) is 10.6. The Kier molecular flexibility index (Phi) is 7.24. The van der Waals surface area contributed by atoms with Crippen molar-refractivity contribution in [3.8, 4) is 0 Å². The Bertz CT molecular complexity index is 727. The summed E-state index contributed by atoms with van der Waals surface area (Å²) >= 11 is 0. The number of ketones is 1. The van der Waals surface area contributed by atoms with E-state index in [-0.39, 0.29) is 37.2 Å². The highest BCUT2D eigenvalue weighted by Crippen LogP contribution is 2.24. The Morgan fingerprint density at radius 2 is 1.75 bits per heavy atom. The molecule has 152 valence electrons. The van der Waals surface area contributed by atoms with E-state index < -0.39 is 5.97 Å². The number of ether oxygens (including phenoxy) is 1. The molecule has 5 nitrogen and oxygen atoms in total. The quantitative estimate of drug-likeness (QED) is 0.573. The highest BCUT2D eigenvalue weighted by atomic mass is 16.5. The first-order chi connectivity index (χ1) is 13.5. The molecule has 0 spiro atoms. The predicted molar refractivity (Wildman–Crippen MR) is 107 cm³/mol. The zero-order valence-electron chi connectivity index (χ0n) is 16.8. The summed E-state index contributed by atoms with van der Waals surface area (Å²) in [5.41, 5.74) is 3.26. The van der Waals surface area contributed by atoms with Crippen LogP contribution >= 0.6 is 0 Å². The van der Waals surface area contributed by atoms with Crippen molar-refractivity contribution >= 4 is 17.7 Å². The molecule has 28 heavy (non-hydrogen) atoms. The minimum atomic E-state index is -0.502. The second kappa shape index (κ2) is 9.85. The van der Waals surface area contributed by atoms with Crippen LogP contribution in [-0.2, 0) is 27.2 Å². The van der Waals surface area contributed by atoms with Crippen LogP contribution in [0.2, 0.25) is 0 Å². The molecule has 0 aromatic heterocycles. The van der Waals surface area contributed by atoms with E-state index in [4.69, 9.17) is 4.74 Å². The third-order valence-corrected chi connectivity index (χ3v) is 6.05. The molecule has 2 aliphatic rings. The summed E-state index contributed by atoms with van der Waals surface area (Å²) in [4.78, 5) is 36.3. The molecule has 1 N–H and O–H groups in total. The lowest BCUT2D eigenvalue weighted by Gasteiger charge is -2.29. The lowest BCUT2D eigenvalue weighted by atomic mass is 9.86. The van der Waals surface area contributed by atoms with Crippen LogP contribution in [0, 0.1) is 5.92 Å². The zero-order chi connectivity index (χ0) is 19.9. The van der Waals surface area contributed by atoms with Gasteiger partial charge in [0.25, 0.3) is 5.91 Å². The average molecular weight is 386 g/mol. The maximum atomic E-state index is 12.4. The van der Waals surface area contributed by atoms with Crippen molar-refractivity contribution in [1.29, 1.82) is 0 Å². The van der Waals surface area contributed by atoms with Crippen molar-refractivity contribution in [2.45, 2.75) is 77.2 Å². The van der Waals surface area contributed by atoms with Crippen LogP contribution in [0.25, 0.3) is 0 Å². The summed E-state index contributed by atoms with van der Waals surface area (Å²) in [7, 11) is 0. The van der Waals surface area contributed by atoms with E-state index in [0.717, 1.165) is 32.1 Å². The molecule has 1 fully saturated rings. The van der Waals surface area contributed by atoms with Gasteiger partial charge in [-0.05, 0) is 61.6 Å². The number of carbonyl (C=O) groups is 3. The van der Waals surface area contributed by atoms with Crippen LogP contribution in [-0.4, -0.2) is 30.3 Å². The molecular formula is C23H31NO4. The van der Waals surface area contributed by atoms with Gasteiger partial charge in [0.1, 0.15) is 0 Å². The van der Waals surface area contributed by atoms with Crippen molar-refractivity contribution < 1.29 is 19.1 Å². The number of fused-ring (bicyclic) bond motifs is 1. The van der Waals surface area contributed by atoms with Gasteiger partial charge in [0.15, 0.2) is 12.4 Å². The van der Waals surface area contributed by atoms with Gasteiger partial charge in [-0.15, -0.1) is 0 Å². The SMILES string of the molecule is C[C@H]1CCCC[C@H]1NC(=O)COC(=O)CCC(=O)c1ccc2c(c1)CCCC2. The standard InChI is InChI=1S/C23H31NO4/c1-16-6-2-5-9-20(16)24-22(26)15-28-23(27)13-12-21(25)19-11-10-17-7-3-4-8-18(17)14-19/h10-11,14,16,20H,2-9,12-13,15H2,1H3,(H,24,26)/t16-,20+/m0/s1. The molecular weight excluding hydrogens is 354 g/mol. The van der Waals surface area contributed by atoms with Gasteiger partial charge in [-0.3, -0.25) is 14.4 Å². The first-order valence-corrected chi connectivity index (χ1v) is 10.6. The number of nitrogens with one attached hydrogen (secondary N) is 1. The lowest BCUT2D eigenvalue weighted by molar-refractivity contribution is -0.148. The van der Waals surface area contributed by atoms with E-state index in [2.05, 4.69) is 12.2 Å². The normalized spacial score (nSPS) is 21.5. The zero-order valence-corrected chi connectivity index (χ0v) is 16.8. The van der Waals surface area contributed by atoms with Crippen molar-refractivity contribution in [2.24, 2.45) is 5.92 Å². The van der Waals surface area contributed by atoms with Crippen LogP contribution in [0.4, 0.5) is 0 Å². The van der Waals surface area contributed by atoms with Crippen LogP contribution in [0.5, 0.6) is 0 Å². The molecule has 0 bridgehead atoms. The van der Waals surface area contributed by atoms with Gasteiger partial charge in [-0.2, -0.15) is 0 Å². The van der Waals surface area contributed by atoms with Gasteiger partial charge < -0.3 is 10.1 Å². The second-order valence-corrected chi connectivity index (χ2v) is 8.21. The number of carbonyl (C=O) groups excluding carboxylic acids is 3. The van der Waals surface area contributed by atoms with Gasteiger partial charge in [-0.1, -0.05) is 31.9 Å². The summed E-state index contributed by atoms with van der Waals surface area (Å²) in [5.74, 6) is -0.347. The van der Waals surface area contributed by atoms with Crippen LogP contribution in [0.3, 0.4) is 0 Å². The largest absolute Gasteiger partial charge is 0.456 e. The number of aryl methyl sites for hydroxylation is 2. The fourth-order valence-corrected chi connectivity index (χ4v) is 4.26. The topological polar surface area (TPSA) is 72.5 Å². The Morgan fingerprint density at radius 3 is 2.54 bits per heavy atom. The Labute approximate surface area is 167 Å². The first kappa shape index (κ1) is 20.6. The summed E-state index contributed by atoms with van der Waals surface area (Å²) < 4.78 is 5.05. The van der Waals surface area contributed by atoms with Gasteiger partial charge in [0, 0.05) is 18.0 Å². The Morgan fingerprint density at radius 1 is 1.00 bits per heavy atom. The van der Waals surface area contributed by atoms with E-state index >= 15 is 0 Å². The molecule has 0 unspecified atom stereocenters. The fraction of sp³-hybridized carbons (Fsp3) is 0.609. The number of esters is 1. The third-order valence-electron chi connectivity index (χ3n) is 6.05. The van der Waals surface area contributed by atoms with Crippen molar-refractivity contribution in [1.82, 2.24) is 5.32 Å². The van der Waals surface area contributed by atoms with Gasteiger partial charge >= 0.3 is 5.97 Å². The van der Waals surface area contributed by atoms with E-state index in [1.54, 1.807) is 0 Å². The van der Waals surface area contributed by atoms with Gasteiger partial charge in [0.05, 0.1) is 6.42 Å². The third kappa shape index (κ3) is 5.66. The van der Waals surface area contributed by atoms with Gasteiger partial charge in [0.2, 0.25) is 0 Å². The molecule has 1 saturated carbocycles. The molecule has 2 aliphatic carbocycles. The summed E-state index contributed by atoms with van der Waals surface area (Å²) in [6, 6.07) is 6.04. The lowest BCUT2D eigenvalue weighted by Crippen LogP contribution is -2.42. The van der Waals surface area contributed by atoms with Crippen LogP contribution in [0.15, 0.2) is 18.2 Å². The number of hydrogen-bond donors (Lipinski definition) is 1. The monoisotopic (exact) mass is 385 g/mol. The molecule has 0 saturated heterocycles. The second-order valence-electron chi connectivity index (χ2n) is 8.21. The van der Waals surface area contributed by atoms with E-state index in [1.165, 1.54) is 30.4 Å². The molecule has 1 aromatic carbocycles. The summed E-state index contributed by atoms with van der Waals surface area (Å²) in [6.07, 6.45) is 9.03. The predicted octanol–water partition coefficient (Wildman–Crippen LogP) is 3.77. The molecule has 1 amide bonds. The molecule has 0 heterocycles. The van der Waals surface area contributed by atoms with Crippen molar-refractivity contribution in [2.75, 3.05) is 6.61 Å². The summed E-state index contributed by atoms with van der Waals surface area (Å²) in [5, 5.41) is 2.96. The number of rotatable bonds is 7.